The minimum Gasteiger partial charge on any atom is -0.456 e. The number of benzene rings is 9. The molecule has 0 bridgehead atoms. The molecule has 0 N–H and O–H groups in total. The summed E-state index contributed by atoms with van der Waals surface area (Å²) in [5.41, 5.74) is 11.4. The quantitative estimate of drug-likeness (QED) is 0.160. The summed E-state index contributed by atoms with van der Waals surface area (Å²) in [6.07, 6.45) is 0. The lowest BCUT2D eigenvalue weighted by Gasteiger charge is -2.12. The average molecular weight is 728 g/mol. The minimum absolute atomic E-state index is 0.624. The Balaban J connectivity index is 0.995. The zero-order valence-electron chi connectivity index (χ0n) is 30.8. The van der Waals surface area contributed by atoms with Crippen molar-refractivity contribution < 1.29 is 4.42 Å². The first-order valence-corrected chi connectivity index (χ1v) is 19.2. The van der Waals surface area contributed by atoms with Gasteiger partial charge in [-0.25, -0.2) is 15.0 Å². The third kappa shape index (κ3) is 5.83. The van der Waals surface area contributed by atoms with Gasteiger partial charge in [-0.2, -0.15) is 0 Å². The van der Waals surface area contributed by atoms with E-state index in [1.807, 2.05) is 36.4 Å². The lowest BCUT2D eigenvalue weighted by Crippen LogP contribution is -2.00. The van der Waals surface area contributed by atoms with Crippen LogP contribution in [-0.2, 0) is 0 Å². The molecule has 11 aromatic rings. The molecule has 0 aliphatic heterocycles. The largest absolute Gasteiger partial charge is 0.456 e. The van der Waals surface area contributed by atoms with Gasteiger partial charge in [0, 0.05) is 27.5 Å². The van der Waals surface area contributed by atoms with Crippen molar-refractivity contribution in [2.45, 2.75) is 0 Å². The Kier molecular flexibility index (Phi) is 7.78. The Bertz CT molecular complexity index is 3280. The Morgan fingerprint density at radius 3 is 1.60 bits per heavy atom. The predicted molar refractivity (Wildman–Crippen MR) is 235 cm³/mol. The monoisotopic (exact) mass is 727 g/mol. The van der Waals surface area contributed by atoms with E-state index in [4.69, 9.17) is 19.4 Å². The predicted octanol–water partition coefficient (Wildman–Crippen LogP) is 14.1. The van der Waals surface area contributed by atoms with Crippen molar-refractivity contribution in [3.63, 3.8) is 0 Å². The van der Waals surface area contributed by atoms with E-state index in [0.29, 0.717) is 17.5 Å². The van der Waals surface area contributed by atoms with E-state index < -0.39 is 0 Å². The van der Waals surface area contributed by atoms with Crippen molar-refractivity contribution in [1.29, 1.82) is 0 Å². The van der Waals surface area contributed by atoms with Gasteiger partial charge in [0.05, 0.1) is 0 Å². The molecule has 57 heavy (non-hydrogen) atoms. The lowest BCUT2D eigenvalue weighted by atomic mass is 9.96. The number of hydrogen-bond donors (Lipinski definition) is 0. The standard InChI is InChI=1S/C53H33N3O/c1-3-13-34(14-4-1)38-18-11-19-39(31-38)40-29-30-46-49(33-40)57-48-24-12-23-43(50(46)48)35-25-27-37(28-26-35)52-54-51(36-15-5-2-6-16-36)55-53(56-52)47-32-41-17-7-8-20-42(41)44-21-9-10-22-45(44)47/h1-33H. The van der Waals surface area contributed by atoms with Crippen LogP contribution in [0.5, 0.6) is 0 Å². The molecule has 0 spiro atoms. The van der Waals surface area contributed by atoms with Crippen molar-refractivity contribution in [1.82, 2.24) is 15.0 Å². The van der Waals surface area contributed by atoms with E-state index in [9.17, 15) is 0 Å². The van der Waals surface area contributed by atoms with Gasteiger partial charge in [0.2, 0.25) is 0 Å². The van der Waals surface area contributed by atoms with E-state index in [0.717, 1.165) is 71.7 Å². The van der Waals surface area contributed by atoms with Gasteiger partial charge in [0.25, 0.3) is 0 Å². The highest BCUT2D eigenvalue weighted by molar-refractivity contribution is 6.14. The lowest BCUT2D eigenvalue weighted by molar-refractivity contribution is 0.669. The number of hydrogen-bond acceptors (Lipinski definition) is 4. The topological polar surface area (TPSA) is 51.8 Å². The fourth-order valence-corrected chi connectivity index (χ4v) is 8.13. The summed E-state index contributed by atoms with van der Waals surface area (Å²) in [6, 6.07) is 69.9. The van der Waals surface area contributed by atoms with Gasteiger partial charge >= 0.3 is 0 Å². The van der Waals surface area contributed by atoms with Crippen LogP contribution >= 0.6 is 0 Å². The zero-order valence-corrected chi connectivity index (χ0v) is 30.8. The van der Waals surface area contributed by atoms with Crippen molar-refractivity contribution in [3.8, 4) is 67.5 Å². The van der Waals surface area contributed by atoms with Crippen LogP contribution in [0.4, 0.5) is 0 Å². The molecule has 11 rings (SSSR count). The summed E-state index contributed by atoms with van der Waals surface area (Å²) in [5, 5.41) is 6.82. The molecule has 266 valence electrons. The third-order valence-corrected chi connectivity index (χ3v) is 10.9. The van der Waals surface area contributed by atoms with Crippen LogP contribution in [-0.4, -0.2) is 15.0 Å². The molecular weight excluding hydrogens is 695 g/mol. The maximum atomic E-state index is 6.53. The normalized spacial score (nSPS) is 11.5. The number of nitrogens with zero attached hydrogens (tertiary/aromatic N) is 3. The highest BCUT2D eigenvalue weighted by Crippen LogP contribution is 2.40. The summed E-state index contributed by atoms with van der Waals surface area (Å²) >= 11 is 0. The van der Waals surface area contributed by atoms with Gasteiger partial charge in [-0.05, 0) is 85.3 Å². The van der Waals surface area contributed by atoms with Crippen molar-refractivity contribution in [2.24, 2.45) is 0 Å². The molecule has 0 radical (unpaired) electrons. The maximum Gasteiger partial charge on any atom is 0.164 e. The highest BCUT2D eigenvalue weighted by atomic mass is 16.3. The van der Waals surface area contributed by atoms with Gasteiger partial charge < -0.3 is 4.42 Å². The number of rotatable bonds is 6. The van der Waals surface area contributed by atoms with Crippen LogP contribution in [0.2, 0.25) is 0 Å². The molecule has 9 aromatic carbocycles. The molecule has 0 atom stereocenters. The van der Waals surface area contributed by atoms with Crippen LogP contribution in [0.1, 0.15) is 0 Å². The summed E-state index contributed by atoms with van der Waals surface area (Å²) < 4.78 is 6.53. The van der Waals surface area contributed by atoms with E-state index in [1.54, 1.807) is 0 Å². The summed E-state index contributed by atoms with van der Waals surface area (Å²) in [5.74, 6) is 1.90. The average Bonchev–Trinajstić information content (AvgIpc) is 3.68. The first kappa shape index (κ1) is 32.7. The van der Waals surface area contributed by atoms with Gasteiger partial charge in [0.15, 0.2) is 17.5 Å². The second kappa shape index (κ2) is 13.6. The van der Waals surface area contributed by atoms with Crippen LogP contribution < -0.4 is 0 Å². The van der Waals surface area contributed by atoms with E-state index >= 15 is 0 Å². The highest BCUT2D eigenvalue weighted by Gasteiger charge is 2.18. The first-order valence-electron chi connectivity index (χ1n) is 19.2. The first-order chi connectivity index (χ1) is 28.2. The third-order valence-electron chi connectivity index (χ3n) is 10.9. The second-order valence-electron chi connectivity index (χ2n) is 14.4. The van der Waals surface area contributed by atoms with Crippen molar-refractivity contribution >= 4 is 43.5 Å². The Morgan fingerprint density at radius 2 is 0.825 bits per heavy atom. The maximum absolute atomic E-state index is 6.53. The van der Waals surface area contributed by atoms with Crippen molar-refractivity contribution in [2.75, 3.05) is 0 Å². The molecule has 2 heterocycles. The number of furan rings is 1. The van der Waals surface area contributed by atoms with Gasteiger partial charge in [-0.1, -0.05) is 170 Å². The summed E-state index contributed by atoms with van der Waals surface area (Å²) in [4.78, 5) is 15.3. The molecule has 0 saturated carbocycles. The molecule has 0 unspecified atom stereocenters. The molecule has 4 heteroatoms. The number of aromatic nitrogens is 3. The van der Waals surface area contributed by atoms with Gasteiger partial charge in [0.1, 0.15) is 11.2 Å². The molecule has 2 aromatic heterocycles. The van der Waals surface area contributed by atoms with Crippen LogP contribution in [0.3, 0.4) is 0 Å². The molecule has 0 saturated heterocycles. The summed E-state index contributed by atoms with van der Waals surface area (Å²) in [7, 11) is 0. The fourth-order valence-electron chi connectivity index (χ4n) is 8.13. The second-order valence-corrected chi connectivity index (χ2v) is 14.4. The van der Waals surface area contributed by atoms with Crippen molar-refractivity contribution in [3.05, 3.63) is 200 Å². The van der Waals surface area contributed by atoms with Gasteiger partial charge in [-0.15, -0.1) is 0 Å². The Labute approximate surface area is 329 Å². The molecule has 4 nitrogen and oxygen atoms in total. The molecule has 0 fully saturated rings. The van der Waals surface area contributed by atoms with E-state index in [2.05, 4.69) is 164 Å². The zero-order chi connectivity index (χ0) is 37.7. The van der Waals surface area contributed by atoms with Crippen LogP contribution in [0.25, 0.3) is 111 Å². The minimum atomic E-state index is 0.624. The van der Waals surface area contributed by atoms with Crippen LogP contribution in [0.15, 0.2) is 205 Å². The fraction of sp³-hybridized carbons (Fsp3) is 0. The SMILES string of the molecule is c1ccc(-c2cccc(-c3ccc4c(c3)oc3cccc(-c5ccc(-c6nc(-c7ccccc7)nc(-c7cc8ccccc8c8ccccc78)n6)cc5)c34)c2)cc1. The van der Waals surface area contributed by atoms with E-state index in [-0.39, 0.29) is 0 Å². The van der Waals surface area contributed by atoms with Gasteiger partial charge in [-0.3, -0.25) is 0 Å². The molecule has 0 amide bonds. The number of fused-ring (bicyclic) bond motifs is 6. The smallest absolute Gasteiger partial charge is 0.164 e. The molecule has 0 aliphatic carbocycles. The Morgan fingerprint density at radius 1 is 0.281 bits per heavy atom. The van der Waals surface area contributed by atoms with Crippen LogP contribution in [0, 0.1) is 0 Å². The summed E-state index contributed by atoms with van der Waals surface area (Å²) in [6.45, 7) is 0. The van der Waals surface area contributed by atoms with E-state index in [1.165, 1.54) is 21.9 Å². The Hall–Kier alpha value is -7.69. The molecular formula is C53H33N3O. The molecule has 0 aliphatic rings.